The Labute approximate surface area is 125 Å². The number of aromatic nitrogens is 1. The molecule has 0 unspecified atom stereocenters. The zero-order valence-electron chi connectivity index (χ0n) is 10.6. The summed E-state index contributed by atoms with van der Waals surface area (Å²) in [6.45, 7) is 2.53. The number of hydrogen-bond donors (Lipinski definition) is 2. The monoisotopic (exact) mass is 341 g/mol. The van der Waals surface area contributed by atoms with Gasteiger partial charge in [0.2, 0.25) is 5.88 Å². The smallest absolute Gasteiger partial charge is 0.208 e. The van der Waals surface area contributed by atoms with Gasteiger partial charge in [-0.2, -0.15) is 0 Å². The van der Waals surface area contributed by atoms with E-state index < -0.39 is 0 Å². The number of benzene rings is 1. The predicted molar refractivity (Wildman–Crippen MR) is 82.0 cm³/mol. The molecular weight excluding hydrogens is 326 g/mol. The molecule has 3 nitrogen and oxygen atoms in total. The van der Waals surface area contributed by atoms with Crippen molar-refractivity contribution in [2.45, 2.75) is 24.8 Å². The molecule has 5 heteroatoms. The number of halogens is 1. The van der Waals surface area contributed by atoms with Crippen LogP contribution in [0.5, 0.6) is 11.8 Å². The molecule has 2 N–H and O–H groups in total. The maximum absolute atomic E-state index is 10.1. The van der Waals surface area contributed by atoms with Crippen molar-refractivity contribution < 1.29 is 10.2 Å². The van der Waals surface area contributed by atoms with Crippen molar-refractivity contribution >= 4 is 27.7 Å². The molecule has 1 heterocycles. The van der Waals surface area contributed by atoms with E-state index in [2.05, 4.69) is 22.9 Å². The van der Waals surface area contributed by atoms with Gasteiger partial charge in [-0.05, 0) is 29.9 Å². The van der Waals surface area contributed by atoms with Crippen LogP contribution in [-0.2, 0) is 6.54 Å². The first kappa shape index (κ1) is 14.3. The highest BCUT2D eigenvalue weighted by molar-refractivity contribution is 9.10. The summed E-state index contributed by atoms with van der Waals surface area (Å²) in [6, 6.07) is 9.43. The molecule has 0 fully saturated rings. The third-order valence-corrected chi connectivity index (χ3v) is 4.42. The third kappa shape index (κ3) is 3.48. The molecule has 0 atom stereocenters. The SMILES string of the molecule is CCCSc1cc(O)n(Cc2cccc(Br)c2)c1O. The van der Waals surface area contributed by atoms with Gasteiger partial charge in [0.15, 0.2) is 5.88 Å². The normalized spacial score (nSPS) is 10.8. The van der Waals surface area contributed by atoms with Crippen LogP contribution in [0.25, 0.3) is 0 Å². The molecule has 0 saturated heterocycles. The molecule has 102 valence electrons. The summed E-state index contributed by atoms with van der Waals surface area (Å²) in [5.74, 6) is 1.15. The zero-order valence-corrected chi connectivity index (χ0v) is 13.0. The molecule has 0 aliphatic rings. The molecule has 0 saturated carbocycles. The van der Waals surface area contributed by atoms with Gasteiger partial charge in [0, 0.05) is 10.5 Å². The van der Waals surface area contributed by atoms with Crippen molar-refractivity contribution in [2.24, 2.45) is 0 Å². The summed E-state index contributed by atoms with van der Waals surface area (Å²) in [7, 11) is 0. The molecule has 2 aromatic rings. The van der Waals surface area contributed by atoms with Crippen LogP contribution in [0.3, 0.4) is 0 Å². The maximum Gasteiger partial charge on any atom is 0.208 e. The maximum atomic E-state index is 10.1. The summed E-state index contributed by atoms with van der Waals surface area (Å²) < 4.78 is 2.50. The van der Waals surface area contributed by atoms with E-state index in [1.165, 1.54) is 4.57 Å². The summed E-state index contributed by atoms with van der Waals surface area (Å²) >= 11 is 4.97. The number of thioether (sulfide) groups is 1. The van der Waals surface area contributed by atoms with Gasteiger partial charge < -0.3 is 10.2 Å². The van der Waals surface area contributed by atoms with Gasteiger partial charge in [0.25, 0.3) is 0 Å². The fraction of sp³-hybridized carbons (Fsp3) is 0.286. The number of nitrogens with zero attached hydrogens (tertiary/aromatic N) is 1. The first-order valence-corrected chi connectivity index (χ1v) is 7.88. The van der Waals surface area contributed by atoms with Crippen molar-refractivity contribution in [2.75, 3.05) is 5.75 Å². The van der Waals surface area contributed by atoms with Gasteiger partial charge in [-0.3, -0.25) is 4.57 Å². The second-order valence-corrected chi connectivity index (χ2v) is 6.31. The third-order valence-electron chi connectivity index (χ3n) is 2.70. The first-order valence-electron chi connectivity index (χ1n) is 6.10. The van der Waals surface area contributed by atoms with Crippen LogP contribution in [0.4, 0.5) is 0 Å². The van der Waals surface area contributed by atoms with Crippen LogP contribution in [0.15, 0.2) is 39.7 Å². The average molecular weight is 342 g/mol. The van der Waals surface area contributed by atoms with Crippen LogP contribution in [0.1, 0.15) is 18.9 Å². The zero-order chi connectivity index (χ0) is 13.8. The van der Waals surface area contributed by atoms with Gasteiger partial charge in [-0.15, -0.1) is 11.8 Å². The summed E-state index contributed by atoms with van der Waals surface area (Å²) in [6.07, 6.45) is 1.03. The molecule has 1 aromatic carbocycles. The molecular formula is C14H16BrNO2S. The molecule has 1 aromatic heterocycles. The van der Waals surface area contributed by atoms with Crippen LogP contribution < -0.4 is 0 Å². The Morgan fingerprint density at radius 2 is 2.05 bits per heavy atom. The lowest BCUT2D eigenvalue weighted by molar-refractivity contribution is 0.373. The van der Waals surface area contributed by atoms with Gasteiger partial charge >= 0.3 is 0 Å². The molecule has 0 amide bonds. The standard InChI is InChI=1S/C14H16BrNO2S/c1-2-6-19-12-8-13(17)16(14(12)18)9-10-4-3-5-11(15)7-10/h3-5,7-8,17-18H,2,6,9H2,1H3. The Kier molecular flexibility index (Phi) is 4.82. The molecule has 0 bridgehead atoms. The predicted octanol–water partition coefficient (Wildman–Crippen LogP) is 4.21. The molecule has 0 aliphatic heterocycles. The minimum Gasteiger partial charge on any atom is -0.494 e. The highest BCUT2D eigenvalue weighted by Gasteiger charge is 2.14. The Bertz CT molecular complexity index is 569. The van der Waals surface area contributed by atoms with E-state index >= 15 is 0 Å². The molecule has 2 rings (SSSR count). The van der Waals surface area contributed by atoms with Gasteiger partial charge in [0.1, 0.15) is 0 Å². The second-order valence-electron chi connectivity index (χ2n) is 4.25. The van der Waals surface area contributed by atoms with Gasteiger partial charge in [-0.25, -0.2) is 0 Å². The Hall–Kier alpha value is -1.07. The molecule has 0 aliphatic carbocycles. The minimum absolute atomic E-state index is 0.0936. The second kappa shape index (κ2) is 6.39. The largest absolute Gasteiger partial charge is 0.494 e. The van der Waals surface area contributed by atoms with Crippen molar-refractivity contribution in [1.82, 2.24) is 4.57 Å². The van der Waals surface area contributed by atoms with Crippen LogP contribution >= 0.6 is 27.7 Å². The van der Waals surface area contributed by atoms with Gasteiger partial charge in [0.05, 0.1) is 11.4 Å². The van der Waals surface area contributed by atoms with Crippen molar-refractivity contribution in [1.29, 1.82) is 0 Å². The first-order chi connectivity index (χ1) is 9.11. The van der Waals surface area contributed by atoms with E-state index in [-0.39, 0.29) is 11.8 Å². The summed E-state index contributed by atoms with van der Waals surface area (Å²) in [5.41, 5.74) is 1.02. The van der Waals surface area contributed by atoms with Crippen LogP contribution in [0, 0.1) is 0 Å². The molecule has 0 radical (unpaired) electrons. The van der Waals surface area contributed by atoms with E-state index in [0.29, 0.717) is 6.54 Å². The lowest BCUT2D eigenvalue weighted by Gasteiger charge is -2.07. The van der Waals surface area contributed by atoms with E-state index in [1.54, 1.807) is 17.8 Å². The van der Waals surface area contributed by atoms with E-state index in [9.17, 15) is 10.2 Å². The summed E-state index contributed by atoms with van der Waals surface area (Å²) in [4.78, 5) is 0.731. The fourth-order valence-corrected chi connectivity index (χ4v) is 3.09. The Morgan fingerprint density at radius 1 is 1.26 bits per heavy atom. The van der Waals surface area contributed by atoms with Gasteiger partial charge in [-0.1, -0.05) is 35.0 Å². The number of aromatic hydroxyl groups is 2. The lowest BCUT2D eigenvalue weighted by atomic mass is 10.2. The molecule has 19 heavy (non-hydrogen) atoms. The van der Waals surface area contributed by atoms with E-state index in [0.717, 1.165) is 27.1 Å². The highest BCUT2D eigenvalue weighted by atomic mass is 79.9. The molecule has 0 spiro atoms. The quantitative estimate of drug-likeness (QED) is 0.800. The minimum atomic E-state index is 0.0936. The Balaban J connectivity index is 2.23. The van der Waals surface area contributed by atoms with Crippen LogP contribution in [0.2, 0.25) is 0 Å². The average Bonchev–Trinajstić information content (AvgIpc) is 2.64. The van der Waals surface area contributed by atoms with Crippen molar-refractivity contribution in [3.63, 3.8) is 0 Å². The number of rotatable bonds is 5. The lowest BCUT2D eigenvalue weighted by Crippen LogP contribution is -1.98. The van der Waals surface area contributed by atoms with E-state index in [4.69, 9.17) is 0 Å². The summed E-state index contributed by atoms with van der Waals surface area (Å²) in [5, 5.41) is 20.1. The van der Waals surface area contributed by atoms with Crippen molar-refractivity contribution in [3.8, 4) is 11.8 Å². The number of hydrogen-bond acceptors (Lipinski definition) is 3. The topological polar surface area (TPSA) is 45.4 Å². The highest BCUT2D eigenvalue weighted by Crippen LogP contribution is 2.36. The van der Waals surface area contributed by atoms with Crippen LogP contribution in [-0.4, -0.2) is 20.5 Å². The Morgan fingerprint density at radius 3 is 2.74 bits per heavy atom. The fourth-order valence-electron chi connectivity index (χ4n) is 1.79. The van der Waals surface area contributed by atoms with Crippen molar-refractivity contribution in [3.05, 3.63) is 40.4 Å². The van der Waals surface area contributed by atoms with E-state index in [1.807, 2.05) is 24.3 Å².